The van der Waals surface area contributed by atoms with Gasteiger partial charge in [0.2, 0.25) is 0 Å². The number of esters is 1. The second-order valence-corrected chi connectivity index (χ2v) is 4.81. The zero-order chi connectivity index (χ0) is 14.7. The van der Waals surface area contributed by atoms with Gasteiger partial charge in [-0.1, -0.05) is 11.6 Å². The Bertz CT molecular complexity index is 462. The summed E-state index contributed by atoms with van der Waals surface area (Å²) in [7, 11) is 1.35. The summed E-state index contributed by atoms with van der Waals surface area (Å²) in [5.41, 5.74) is 0.272. The van der Waals surface area contributed by atoms with E-state index in [-0.39, 0.29) is 12.2 Å². The Kier molecular flexibility index (Phi) is 4.95. The zero-order valence-corrected chi connectivity index (χ0v) is 11.5. The first kappa shape index (κ1) is 15.2. The minimum Gasteiger partial charge on any atom is -0.453 e. The molecule has 2 N–H and O–H groups in total. The molecule has 0 aliphatic carbocycles. The van der Waals surface area contributed by atoms with Crippen molar-refractivity contribution in [2.75, 3.05) is 13.7 Å². The van der Waals surface area contributed by atoms with Gasteiger partial charge in [-0.2, -0.15) is 0 Å². The van der Waals surface area contributed by atoms with Crippen molar-refractivity contribution in [3.8, 4) is 0 Å². The number of carbonyl (C=O) groups is 1. The van der Waals surface area contributed by atoms with Crippen LogP contribution in [0.2, 0.25) is 5.02 Å². The predicted octanol–water partition coefficient (Wildman–Crippen LogP) is 0.590. The number of carbonyl (C=O) groups excluding carboxylic acids is 1. The molecule has 1 aromatic rings. The van der Waals surface area contributed by atoms with Crippen molar-refractivity contribution in [1.82, 2.24) is 0 Å². The van der Waals surface area contributed by atoms with Gasteiger partial charge in [0.15, 0.2) is 12.4 Å². The lowest BCUT2D eigenvalue weighted by Gasteiger charge is -2.36. The Labute approximate surface area is 120 Å². The van der Waals surface area contributed by atoms with E-state index < -0.39 is 30.6 Å². The molecule has 0 bridgehead atoms. The summed E-state index contributed by atoms with van der Waals surface area (Å²) in [4.78, 5) is 11.9. The first-order valence-corrected chi connectivity index (χ1v) is 6.38. The quantitative estimate of drug-likeness (QED) is 0.795. The van der Waals surface area contributed by atoms with Crippen LogP contribution in [0, 0.1) is 0 Å². The van der Waals surface area contributed by atoms with E-state index in [1.807, 2.05) is 0 Å². The highest BCUT2D eigenvalue weighted by molar-refractivity contribution is 6.30. The fourth-order valence-electron chi connectivity index (χ4n) is 1.90. The molecule has 0 radical (unpaired) electrons. The molecule has 4 atom stereocenters. The van der Waals surface area contributed by atoms with Crippen LogP contribution in [0.3, 0.4) is 0 Å². The minimum absolute atomic E-state index is 0.0892. The highest BCUT2D eigenvalue weighted by atomic mass is 35.5. The molecule has 1 fully saturated rings. The molecule has 7 heteroatoms. The minimum atomic E-state index is -1.26. The van der Waals surface area contributed by atoms with Crippen LogP contribution in [0.25, 0.3) is 0 Å². The molecular formula is C13H15ClO6. The topological polar surface area (TPSA) is 85.2 Å². The summed E-state index contributed by atoms with van der Waals surface area (Å²) in [5.74, 6) is -0.665. The van der Waals surface area contributed by atoms with Gasteiger partial charge < -0.3 is 24.4 Å². The number of halogens is 1. The van der Waals surface area contributed by atoms with Crippen molar-refractivity contribution in [3.63, 3.8) is 0 Å². The summed E-state index contributed by atoms with van der Waals surface area (Å²) in [6, 6.07) is 6.09. The average molecular weight is 303 g/mol. The second-order valence-electron chi connectivity index (χ2n) is 4.37. The largest absolute Gasteiger partial charge is 0.453 e. The van der Waals surface area contributed by atoms with Crippen molar-refractivity contribution in [1.29, 1.82) is 0 Å². The molecule has 20 heavy (non-hydrogen) atoms. The standard InChI is InChI=1S/C13H15ClO6/c1-18-13-10(16)11(9(15)6-19-13)20-12(17)7-2-4-8(14)5-3-7/h2-5,9-11,13,15-16H,6H2,1H3/t9-,10-,11+,13-/m1/s1. The van der Waals surface area contributed by atoms with Crippen molar-refractivity contribution in [3.05, 3.63) is 34.9 Å². The third-order valence-corrected chi connectivity index (χ3v) is 3.23. The first-order chi connectivity index (χ1) is 9.52. The molecule has 0 saturated carbocycles. The first-order valence-electron chi connectivity index (χ1n) is 6.00. The van der Waals surface area contributed by atoms with E-state index in [1.165, 1.54) is 19.2 Å². The molecule has 6 nitrogen and oxygen atoms in total. The van der Waals surface area contributed by atoms with Gasteiger partial charge in [0.25, 0.3) is 0 Å². The van der Waals surface area contributed by atoms with Crippen LogP contribution >= 0.6 is 11.6 Å². The lowest BCUT2D eigenvalue weighted by molar-refractivity contribution is -0.261. The number of aliphatic hydroxyl groups excluding tert-OH is 2. The SMILES string of the molecule is CO[C@@H]1OC[C@@H](O)[C@H](OC(=O)c2ccc(Cl)cc2)[C@H]1O. The number of benzene rings is 1. The van der Waals surface area contributed by atoms with Gasteiger partial charge >= 0.3 is 5.97 Å². The molecule has 1 saturated heterocycles. The fraction of sp³-hybridized carbons (Fsp3) is 0.462. The van der Waals surface area contributed by atoms with E-state index in [2.05, 4.69) is 0 Å². The number of ether oxygens (including phenoxy) is 3. The van der Waals surface area contributed by atoms with Gasteiger partial charge in [-0.25, -0.2) is 4.79 Å². The molecule has 0 amide bonds. The molecule has 0 unspecified atom stereocenters. The van der Waals surface area contributed by atoms with Crippen molar-refractivity contribution < 1.29 is 29.2 Å². The van der Waals surface area contributed by atoms with Crippen LogP contribution in [-0.2, 0) is 14.2 Å². The average Bonchev–Trinajstić information content (AvgIpc) is 2.44. The molecule has 0 spiro atoms. The third kappa shape index (κ3) is 3.28. The van der Waals surface area contributed by atoms with Gasteiger partial charge in [-0.3, -0.25) is 0 Å². The van der Waals surface area contributed by atoms with Gasteiger partial charge in [0, 0.05) is 12.1 Å². The lowest BCUT2D eigenvalue weighted by atomic mass is 10.1. The molecule has 110 valence electrons. The highest BCUT2D eigenvalue weighted by Crippen LogP contribution is 2.20. The van der Waals surface area contributed by atoms with E-state index in [0.717, 1.165) is 0 Å². The summed E-state index contributed by atoms with van der Waals surface area (Å²) in [6.07, 6.45) is -4.44. The molecule has 1 aromatic carbocycles. The van der Waals surface area contributed by atoms with Crippen LogP contribution in [0.15, 0.2) is 24.3 Å². The molecule has 0 aromatic heterocycles. The third-order valence-electron chi connectivity index (χ3n) is 2.98. The summed E-state index contributed by atoms with van der Waals surface area (Å²) in [6.45, 7) is -0.0892. The van der Waals surface area contributed by atoms with E-state index in [0.29, 0.717) is 5.02 Å². The van der Waals surface area contributed by atoms with E-state index in [4.69, 9.17) is 25.8 Å². The van der Waals surface area contributed by atoms with Gasteiger partial charge in [0.05, 0.1) is 12.2 Å². The maximum atomic E-state index is 11.9. The van der Waals surface area contributed by atoms with Crippen LogP contribution in [0.5, 0.6) is 0 Å². The van der Waals surface area contributed by atoms with E-state index in [9.17, 15) is 15.0 Å². The summed E-state index contributed by atoms with van der Waals surface area (Å²) in [5, 5.41) is 20.2. The number of hydrogen-bond acceptors (Lipinski definition) is 6. The number of rotatable bonds is 3. The second kappa shape index (κ2) is 6.51. The fourth-order valence-corrected chi connectivity index (χ4v) is 2.03. The van der Waals surface area contributed by atoms with Gasteiger partial charge in [0.1, 0.15) is 12.2 Å². The zero-order valence-electron chi connectivity index (χ0n) is 10.7. The number of hydrogen-bond donors (Lipinski definition) is 2. The maximum absolute atomic E-state index is 11.9. The Morgan fingerprint density at radius 3 is 2.60 bits per heavy atom. The smallest absolute Gasteiger partial charge is 0.338 e. The molecule has 1 aliphatic rings. The maximum Gasteiger partial charge on any atom is 0.338 e. The molecular weight excluding hydrogens is 288 g/mol. The number of methoxy groups -OCH3 is 1. The lowest BCUT2D eigenvalue weighted by Crippen LogP contribution is -2.55. The van der Waals surface area contributed by atoms with Crippen molar-refractivity contribution >= 4 is 17.6 Å². The van der Waals surface area contributed by atoms with Crippen LogP contribution in [0.4, 0.5) is 0 Å². The predicted molar refractivity (Wildman–Crippen MR) is 69.4 cm³/mol. The summed E-state index contributed by atoms with van der Waals surface area (Å²) < 4.78 is 15.1. The molecule has 1 heterocycles. The Hall–Kier alpha value is -1.18. The molecule has 1 aliphatic heterocycles. The van der Waals surface area contributed by atoms with Gasteiger partial charge in [-0.15, -0.1) is 0 Å². The van der Waals surface area contributed by atoms with Crippen molar-refractivity contribution in [2.24, 2.45) is 0 Å². The number of aliphatic hydroxyl groups is 2. The van der Waals surface area contributed by atoms with Crippen LogP contribution < -0.4 is 0 Å². The van der Waals surface area contributed by atoms with Gasteiger partial charge in [-0.05, 0) is 24.3 Å². The summed E-state index contributed by atoms with van der Waals surface area (Å²) >= 11 is 5.73. The van der Waals surface area contributed by atoms with Crippen LogP contribution in [0.1, 0.15) is 10.4 Å². The normalized spacial score (nSPS) is 30.0. The Morgan fingerprint density at radius 1 is 1.35 bits per heavy atom. The molecule has 2 rings (SSSR count). The van der Waals surface area contributed by atoms with Crippen LogP contribution in [-0.4, -0.2) is 54.5 Å². The van der Waals surface area contributed by atoms with E-state index >= 15 is 0 Å². The Balaban J connectivity index is 2.07. The van der Waals surface area contributed by atoms with E-state index in [1.54, 1.807) is 12.1 Å². The monoisotopic (exact) mass is 302 g/mol. The highest BCUT2D eigenvalue weighted by Gasteiger charge is 2.41. The van der Waals surface area contributed by atoms with Crippen molar-refractivity contribution in [2.45, 2.75) is 24.6 Å². The Morgan fingerprint density at radius 2 is 2.00 bits per heavy atom.